The van der Waals surface area contributed by atoms with Gasteiger partial charge in [0, 0.05) is 18.8 Å². The highest BCUT2D eigenvalue weighted by atomic mass is 16.6. The Bertz CT molecular complexity index is 519. The van der Waals surface area contributed by atoms with Crippen LogP contribution in [0, 0.1) is 10.1 Å². The summed E-state index contributed by atoms with van der Waals surface area (Å²) in [6.07, 6.45) is 3.00. The zero-order valence-corrected chi connectivity index (χ0v) is 10.6. The van der Waals surface area contributed by atoms with Crippen LogP contribution in [0.1, 0.15) is 26.2 Å². The number of nitrogens with zero attached hydrogens (tertiary/aromatic N) is 3. The Labute approximate surface area is 110 Å². The molecule has 1 N–H and O–H groups in total. The third-order valence-corrected chi connectivity index (χ3v) is 3.69. The minimum Gasteiger partial charge on any atom is -0.479 e. The van der Waals surface area contributed by atoms with E-state index in [1.54, 1.807) is 11.8 Å². The van der Waals surface area contributed by atoms with Crippen LogP contribution in [-0.4, -0.2) is 33.1 Å². The standard InChI is InChI=1S/C12H15N3O4/c1-2-12(11(16)17)6-4-8-14(12)10-9(15(18)19)5-3-7-13-10/h3,5,7H,2,4,6,8H2,1H3,(H,16,17). The summed E-state index contributed by atoms with van der Waals surface area (Å²) in [7, 11) is 0. The first-order valence-corrected chi connectivity index (χ1v) is 6.13. The molecule has 0 aromatic carbocycles. The van der Waals surface area contributed by atoms with Crippen LogP contribution in [0.3, 0.4) is 0 Å². The monoisotopic (exact) mass is 265 g/mol. The number of carboxylic acids is 1. The molecule has 0 aliphatic carbocycles. The maximum absolute atomic E-state index is 11.6. The largest absolute Gasteiger partial charge is 0.479 e. The topological polar surface area (TPSA) is 96.6 Å². The summed E-state index contributed by atoms with van der Waals surface area (Å²) in [6, 6.07) is 2.83. The molecule has 1 atom stereocenters. The fourth-order valence-corrected chi connectivity index (χ4v) is 2.67. The summed E-state index contributed by atoms with van der Waals surface area (Å²) >= 11 is 0. The molecule has 0 amide bonds. The molecule has 7 nitrogen and oxygen atoms in total. The second-order valence-electron chi connectivity index (χ2n) is 4.55. The number of nitro groups is 1. The molecule has 0 saturated carbocycles. The number of pyridine rings is 1. The third-order valence-electron chi connectivity index (χ3n) is 3.69. The van der Waals surface area contributed by atoms with Gasteiger partial charge in [-0.15, -0.1) is 0 Å². The zero-order valence-electron chi connectivity index (χ0n) is 10.6. The number of hydrogen-bond acceptors (Lipinski definition) is 5. The normalized spacial score (nSPS) is 22.5. The van der Waals surface area contributed by atoms with Crippen LogP contribution < -0.4 is 4.90 Å². The molecule has 1 fully saturated rings. The second-order valence-corrected chi connectivity index (χ2v) is 4.55. The van der Waals surface area contributed by atoms with Crippen molar-refractivity contribution in [2.75, 3.05) is 11.4 Å². The van der Waals surface area contributed by atoms with Crippen LogP contribution in [0.4, 0.5) is 11.5 Å². The Hall–Kier alpha value is -2.18. The molecule has 1 unspecified atom stereocenters. The van der Waals surface area contributed by atoms with Gasteiger partial charge in [0.25, 0.3) is 0 Å². The van der Waals surface area contributed by atoms with Crippen molar-refractivity contribution in [1.82, 2.24) is 4.98 Å². The van der Waals surface area contributed by atoms with Crippen LogP contribution >= 0.6 is 0 Å². The number of rotatable bonds is 4. The van der Waals surface area contributed by atoms with Gasteiger partial charge in [-0.2, -0.15) is 0 Å². The molecule has 7 heteroatoms. The molecule has 1 aromatic heterocycles. The number of aliphatic carboxylic acids is 1. The molecule has 1 aliphatic heterocycles. The van der Waals surface area contributed by atoms with Gasteiger partial charge in [0.15, 0.2) is 0 Å². The molecule has 0 radical (unpaired) electrons. The third kappa shape index (κ3) is 2.00. The molecule has 1 saturated heterocycles. The number of aromatic nitrogens is 1. The number of hydrogen-bond donors (Lipinski definition) is 1. The van der Waals surface area contributed by atoms with Crippen LogP contribution in [0.25, 0.3) is 0 Å². The minimum atomic E-state index is -1.08. The number of anilines is 1. The quantitative estimate of drug-likeness (QED) is 0.658. The van der Waals surface area contributed by atoms with Crippen molar-refractivity contribution in [2.45, 2.75) is 31.7 Å². The molecular weight excluding hydrogens is 250 g/mol. The van der Waals surface area contributed by atoms with Gasteiger partial charge in [0.1, 0.15) is 5.54 Å². The Morgan fingerprint density at radius 3 is 3.00 bits per heavy atom. The van der Waals surface area contributed by atoms with Crippen molar-refractivity contribution in [3.63, 3.8) is 0 Å². The van der Waals surface area contributed by atoms with Gasteiger partial charge in [-0.25, -0.2) is 9.78 Å². The average molecular weight is 265 g/mol. The van der Waals surface area contributed by atoms with Crippen molar-refractivity contribution < 1.29 is 14.8 Å². The number of carboxylic acid groups (broad SMARTS) is 1. The van der Waals surface area contributed by atoms with Crippen LogP contribution in [0.5, 0.6) is 0 Å². The SMILES string of the molecule is CCC1(C(=O)O)CCCN1c1ncccc1[N+](=O)[O-]. The Balaban J connectivity index is 2.52. The van der Waals surface area contributed by atoms with Crippen LogP contribution in [0.15, 0.2) is 18.3 Å². The Morgan fingerprint density at radius 1 is 1.68 bits per heavy atom. The predicted octanol–water partition coefficient (Wildman–Crippen LogP) is 1.82. The van der Waals surface area contributed by atoms with Gasteiger partial charge in [-0.05, 0) is 25.3 Å². The van der Waals surface area contributed by atoms with Crippen molar-refractivity contribution in [2.24, 2.45) is 0 Å². The molecule has 0 bridgehead atoms. The average Bonchev–Trinajstić information content (AvgIpc) is 2.83. The first-order valence-electron chi connectivity index (χ1n) is 6.13. The van der Waals surface area contributed by atoms with Crippen molar-refractivity contribution in [3.8, 4) is 0 Å². The lowest BCUT2D eigenvalue weighted by Crippen LogP contribution is -2.50. The van der Waals surface area contributed by atoms with E-state index < -0.39 is 16.4 Å². The molecule has 2 rings (SSSR count). The van der Waals surface area contributed by atoms with E-state index in [0.29, 0.717) is 25.8 Å². The maximum Gasteiger partial charge on any atom is 0.329 e. The molecule has 1 aliphatic rings. The zero-order chi connectivity index (χ0) is 14.0. The van der Waals surface area contributed by atoms with Gasteiger partial charge in [-0.1, -0.05) is 6.92 Å². The Kier molecular flexibility index (Phi) is 3.37. The summed E-state index contributed by atoms with van der Waals surface area (Å²) in [4.78, 5) is 27.7. The highest BCUT2D eigenvalue weighted by Gasteiger charge is 2.48. The highest BCUT2D eigenvalue weighted by Crippen LogP contribution is 2.39. The van der Waals surface area contributed by atoms with E-state index in [1.807, 2.05) is 0 Å². The lowest BCUT2D eigenvalue weighted by Gasteiger charge is -2.34. The molecule has 2 heterocycles. The van der Waals surface area contributed by atoms with Gasteiger partial charge in [0.05, 0.1) is 4.92 Å². The molecule has 0 spiro atoms. The smallest absolute Gasteiger partial charge is 0.329 e. The van der Waals surface area contributed by atoms with Gasteiger partial charge in [0.2, 0.25) is 5.82 Å². The lowest BCUT2D eigenvalue weighted by atomic mass is 9.93. The fourth-order valence-electron chi connectivity index (χ4n) is 2.67. The molecule has 102 valence electrons. The van der Waals surface area contributed by atoms with Crippen LogP contribution in [0.2, 0.25) is 0 Å². The van der Waals surface area contributed by atoms with Gasteiger partial charge < -0.3 is 10.0 Å². The molecule has 1 aromatic rings. The van der Waals surface area contributed by atoms with E-state index in [2.05, 4.69) is 4.98 Å². The van der Waals surface area contributed by atoms with E-state index in [1.165, 1.54) is 18.3 Å². The van der Waals surface area contributed by atoms with Crippen molar-refractivity contribution >= 4 is 17.5 Å². The van der Waals surface area contributed by atoms with E-state index in [-0.39, 0.29) is 11.5 Å². The summed E-state index contributed by atoms with van der Waals surface area (Å²) < 4.78 is 0. The summed E-state index contributed by atoms with van der Waals surface area (Å²) in [5.41, 5.74) is -1.23. The van der Waals surface area contributed by atoms with Gasteiger partial charge >= 0.3 is 11.7 Å². The molecule has 19 heavy (non-hydrogen) atoms. The first-order chi connectivity index (χ1) is 9.03. The Morgan fingerprint density at radius 2 is 2.42 bits per heavy atom. The van der Waals surface area contributed by atoms with Crippen molar-refractivity contribution in [3.05, 3.63) is 28.4 Å². The molecular formula is C12H15N3O4. The summed E-state index contributed by atoms with van der Waals surface area (Å²) in [5, 5.41) is 20.5. The van der Waals surface area contributed by atoms with E-state index >= 15 is 0 Å². The van der Waals surface area contributed by atoms with Crippen LogP contribution in [-0.2, 0) is 4.79 Å². The van der Waals surface area contributed by atoms with E-state index in [0.717, 1.165) is 0 Å². The maximum atomic E-state index is 11.6. The van der Waals surface area contributed by atoms with Crippen molar-refractivity contribution in [1.29, 1.82) is 0 Å². The lowest BCUT2D eigenvalue weighted by molar-refractivity contribution is -0.384. The fraction of sp³-hybridized carbons (Fsp3) is 0.500. The van der Waals surface area contributed by atoms with E-state index in [4.69, 9.17) is 0 Å². The highest BCUT2D eigenvalue weighted by molar-refractivity contribution is 5.85. The van der Waals surface area contributed by atoms with Gasteiger partial charge in [-0.3, -0.25) is 10.1 Å². The second kappa shape index (κ2) is 4.83. The number of carbonyl (C=O) groups is 1. The first kappa shape index (κ1) is 13.3. The minimum absolute atomic E-state index is 0.147. The van der Waals surface area contributed by atoms with E-state index in [9.17, 15) is 20.0 Å². The predicted molar refractivity (Wildman–Crippen MR) is 68.1 cm³/mol. The summed E-state index contributed by atoms with van der Waals surface area (Å²) in [5.74, 6) is -0.804. The summed E-state index contributed by atoms with van der Waals surface area (Å²) in [6.45, 7) is 2.25.